The lowest BCUT2D eigenvalue weighted by molar-refractivity contribution is -0.140. The van der Waals surface area contributed by atoms with Gasteiger partial charge >= 0.3 is 0 Å². The molecule has 1 aliphatic rings. The fourth-order valence-electron chi connectivity index (χ4n) is 4.53. The molecular formula is C26H33Cl2N3O5S. The summed E-state index contributed by atoms with van der Waals surface area (Å²) in [7, 11) is -2.35. The first-order chi connectivity index (χ1) is 17.5. The van der Waals surface area contributed by atoms with Crippen LogP contribution in [0, 0.1) is 0 Å². The van der Waals surface area contributed by atoms with E-state index >= 15 is 0 Å². The van der Waals surface area contributed by atoms with Gasteiger partial charge in [0.25, 0.3) is 0 Å². The van der Waals surface area contributed by atoms with Crippen LogP contribution >= 0.6 is 23.2 Å². The average Bonchev–Trinajstić information content (AvgIpc) is 3.35. The monoisotopic (exact) mass is 569 g/mol. The van der Waals surface area contributed by atoms with Gasteiger partial charge in [-0.2, -0.15) is 0 Å². The Hall–Kier alpha value is -2.49. The number of carbonyl (C=O) groups excluding carboxylic acids is 2. The van der Waals surface area contributed by atoms with E-state index in [1.54, 1.807) is 25.3 Å². The maximum absolute atomic E-state index is 13.8. The first-order valence-corrected chi connectivity index (χ1v) is 14.8. The van der Waals surface area contributed by atoms with Crippen LogP contribution in [0.2, 0.25) is 10.0 Å². The average molecular weight is 571 g/mol. The number of hydrogen-bond acceptors (Lipinski definition) is 5. The molecular weight excluding hydrogens is 537 g/mol. The molecule has 1 N–H and O–H groups in total. The molecule has 202 valence electrons. The van der Waals surface area contributed by atoms with E-state index in [1.165, 1.54) is 23.1 Å². The van der Waals surface area contributed by atoms with Crippen molar-refractivity contribution in [1.82, 2.24) is 10.2 Å². The van der Waals surface area contributed by atoms with Crippen molar-refractivity contribution in [3.63, 3.8) is 0 Å². The van der Waals surface area contributed by atoms with Crippen LogP contribution in [0.4, 0.5) is 5.69 Å². The molecule has 1 aliphatic carbocycles. The number of nitrogens with one attached hydrogen (secondary N) is 1. The molecule has 0 heterocycles. The fraction of sp³-hybridized carbons (Fsp3) is 0.462. The number of benzene rings is 2. The van der Waals surface area contributed by atoms with Crippen molar-refractivity contribution in [2.75, 3.05) is 24.2 Å². The number of ether oxygens (including phenoxy) is 1. The van der Waals surface area contributed by atoms with Crippen LogP contribution in [-0.4, -0.2) is 57.1 Å². The van der Waals surface area contributed by atoms with Crippen molar-refractivity contribution >= 4 is 50.7 Å². The fourth-order valence-corrected chi connectivity index (χ4v) is 5.95. The summed E-state index contributed by atoms with van der Waals surface area (Å²) in [4.78, 5) is 28.6. The summed E-state index contributed by atoms with van der Waals surface area (Å²) in [6.45, 7) is 1.39. The van der Waals surface area contributed by atoms with Crippen LogP contribution in [0.15, 0.2) is 42.5 Å². The van der Waals surface area contributed by atoms with E-state index in [-0.39, 0.29) is 29.2 Å². The molecule has 1 saturated carbocycles. The summed E-state index contributed by atoms with van der Waals surface area (Å²) in [6.07, 6.45) is 5.28. The van der Waals surface area contributed by atoms with Gasteiger partial charge in [-0.25, -0.2) is 8.42 Å². The van der Waals surface area contributed by atoms with Gasteiger partial charge in [0.15, 0.2) is 0 Å². The lowest BCUT2D eigenvalue weighted by atomic mass is 10.1. The summed E-state index contributed by atoms with van der Waals surface area (Å²) >= 11 is 12.3. The van der Waals surface area contributed by atoms with Gasteiger partial charge < -0.3 is 15.0 Å². The van der Waals surface area contributed by atoms with E-state index in [0.717, 1.165) is 41.8 Å². The second-order valence-corrected chi connectivity index (χ2v) is 11.9. The van der Waals surface area contributed by atoms with Crippen molar-refractivity contribution in [2.24, 2.45) is 0 Å². The number of hydrogen-bond donors (Lipinski definition) is 1. The molecule has 37 heavy (non-hydrogen) atoms. The molecule has 0 aromatic heterocycles. The lowest BCUT2D eigenvalue weighted by Gasteiger charge is -2.33. The van der Waals surface area contributed by atoms with Gasteiger partial charge in [-0.05, 0) is 55.2 Å². The molecule has 0 radical (unpaired) electrons. The highest BCUT2D eigenvalue weighted by Gasteiger charge is 2.33. The Kier molecular flexibility index (Phi) is 10.1. The standard InChI is InChI=1S/C26H33Cl2N3O5S/c1-4-23(26(33)29-20-9-5-6-10-20)30(16-18-8-7-11-21(14-18)36-2)25(32)17-31(37(3,34)35)24-13-12-19(27)15-22(24)28/h7-8,11-15,20,23H,4-6,9-10,16-17H2,1-3H3,(H,29,33). The molecule has 8 nitrogen and oxygen atoms in total. The quantitative estimate of drug-likeness (QED) is 0.425. The topological polar surface area (TPSA) is 96.0 Å². The third kappa shape index (κ3) is 7.75. The number of halogens is 2. The van der Waals surface area contributed by atoms with Crippen molar-refractivity contribution in [2.45, 2.75) is 57.7 Å². The Morgan fingerprint density at radius 3 is 2.43 bits per heavy atom. The lowest BCUT2D eigenvalue weighted by Crippen LogP contribution is -2.53. The largest absolute Gasteiger partial charge is 0.497 e. The highest BCUT2D eigenvalue weighted by molar-refractivity contribution is 7.92. The molecule has 0 saturated heterocycles. The number of carbonyl (C=O) groups is 2. The SMILES string of the molecule is CCC(C(=O)NC1CCCC1)N(Cc1cccc(OC)c1)C(=O)CN(c1ccc(Cl)cc1Cl)S(C)(=O)=O. The Balaban J connectivity index is 1.95. The normalized spacial score (nSPS) is 14.7. The third-order valence-corrected chi connectivity index (χ3v) is 8.10. The van der Waals surface area contributed by atoms with Crippen LogP contribution in [0.5, 0.6) is 5.75 Å². The van der Waals surface area contributed by atoms with Crippen LogP contribution < -0.4 is 14.4 Å². The molecule has 1 atom stereocenters. The van der Waals surface area contributed by atoms with E-state index < -0.39 is 28.5 Å². The number of rotatable bonds is 11. The number of sulfonamides is 1. The van der Waals surface area contributed by atoms with E-state index in [4.69, 9.17) is 27.9 Å². The number of amides is 2. The van der Waals surface area contributed by atoms with E-state index in [9.17, 15) is 18.0 Å². The van der Waals surface area contributed by atoms with Crippen LogP contribution in [0.3, 0.4) is 0 Å². The maximum atomic E-state index is 13.8. The minimum Gasteiger partial charge on any atom is -0.497 e. The molecule has 11 heteroatoms. The number of anilines is 1. The van der Waals surface area contributed by atoms with E-state index in [2.05, 4.69) is 5.32 Å². The zero-order valence-electron chi connectivity index (χ0n) is 21.2. The predicted octanol–water partition coefficient (Wildman–Crippen LogP) is 4.63. The molecule has 2 aromatic carbocycles. The summed E-state index contributed by atoms with van der Waals surface area (Å²) in [5.41, 5.74) is 0.877. The first-order valence-electron chi connectivity index (χ1n) is 12.2. The van der Waals surface area contributed by atoms with Crippen molar-refractivity contribution in [3.05, 3.63) is 58.1 Å². The molecule has 2 aromatic rings. The molecule has 0 spiro atoms. The highest BCUT2D eigenvalue weighted by atomic mass is 35.5. The van der Waals surface area contributed by atoms with Gasteiger partial charge in [-0.1, -0.05) is 55.1 Å². The molecule has 0 bridgehead atoms. The van der Waals surface area contributed by atoms with Gasteiger partial charge in [0, 0.05) is 17.6 Å². The van der Waals surface area contributed by atoms with Crippen molar-refractivity contribution in [3.8, 4) is 5.75 Å². The van der Waals surface area contributed by atoms with Gasteiger partial charge in [0.05, 0.1) is 24.1 Å². The molecule has 1 fully saturated rings. The predicted molar refractivity (Wildman–Crippen MR) is 147 cm³/mol. The molecule has 2 amide bonds. The first kappa shape index (κ1) is 29.1. The summed E-state index contributed by atoms with van der Waals surface area (Å²) in [5.74, 6) is -0.173. The van der Waals surface area contributed by atoms with Crippen molar-refractivity contribution in [1.29, 1.82) is 0 Å². The Morgan fingerprint density at radius 2 is 1.84 bits per heavy atom. The highest BCUT2D eigenvalue weighted by Crippen LogP contribution is 2.31. The number of nitrogens with zero attached hydrogens (tertiary/aromatic N) is 2. The number of methoxy groups -OCH3 is 1. The van der Waals surface area contributed by atoms with Gasteiger partial charge in [0.1, 0.15) is 18.3 Å². The summed E-state index contributed by atoms with van der Waals surface area (Å²) in [5, 5.41) is 3.51. The maximum Gasteiger partial charge on any atom is 0.244 e. The van der Waals surface area contributed by atoms with Gasteiger partial charge in [-0.15, -0.1) is 0 Å². The minimum absolute atomic E-state index is 0.0794. The van der Waals surface area contributed by atoms with Crippen molar-refractivity contribution < 1.29 is 22.7 Å². The zero-order valence-corrected chi connectivity index (χ0v) is 23.6. The summed E-state index contributed by atoms with van der Waals surface area (Å²) < 4.78 is 31.7. The van der Waals surface area contributed by atoms with Crippen LogP contribution in [0.1, 0.15) is 44.6 Å². The minimum atomic E-state index is -3.90. The second-order valence-electron chi connectivity index (χ2n) is 9.15. The van der Waals surface area contributed by atoms with E-state index in [0.29, 0.717) is 17.2 Å². The van der Waals surface area contributed by atoms with Crippen LogP contribution in [-0.2, 0) is 26.2 Å². The van der Waals surface area contributed by atoms with Gasteiger partial charge in [-0.3, -0.25) is 13.9 Å². The molecule has 0 aliphatic heterocycles. The van der Waals surface area contributed by atoms with E-state index in [1.807, 2.05) is 13.0 Å². The Bertz CT molecular complexity index is 1220. The Morgan fingerprint density at radius 1 is 1.14 bits per heavy atom. The summed E-state index contributed by atoms with van der Waals surface area (Å²) in [6, 6.07) is 10.9. The Labute approximate surface area is 228 Å². The third-order valence-electron chi connectivity index (χ3n) is 6.43. The second kappa shape index (κ2) is 12.8. The zero-order chi connectivity index (χ0) is 27.2. The van der Waals surface area contributed by atoms with Crippen LogP contribution in [0.25, 0.3) is 0 Å². The van der Waals surface area contributed by atoms with Gasteiger partial charge in [0.2, 0.25) is 21.8 Å². The molecule has 1 unspecified atom stereocenters. The molecule has 3 rings (SSSR count). The smallest absolute Gasteiger partial charge is 0.244 e.